The third-order valence-electron chi connectivity index (χ3n) is 3.27. The second-order valence-corrected chi connectivity index (χ2v) is 4.24. The molecule has 1 N–H and O–H groups in total. The summed E-state index contributed by atoms with van der Waals surface area (Å²) in [4.78, 5) is 0. The van der Waals surface area contributed by atoms with Gasteiger partial charge in [0.15, 0.2) is 5.82 Å². The molecular formula is C14H14FNO. The van der Waals surface area contributed by atoms with E-state index in [1.54, 1.807) is 13.1 Å². The molecule has 0 radical (unpaired) electrons. The Morgan fingerprint density at radius 1 is 1.24 bits per heavy atom. The molecule has 0 saturated heterocycles. The van der Waals surface area contributed by atoms with Gasteiger partial charge in [0.05, 0.1) is 12.3 Å². The number of hydrogen-bond acceptors (Lipinski definition) is 2. The van der Waals surface area contributed by atoms with Crippen LogP contribution in [0.25, 0.3) is 10.8 Å². The second-order valence-electron chi connectivity index (χ2n) is 4.24. The molecule has 88 valence electrons. The van der Waals surface area contributed by atoms with Crippen LogP contribution < -0.4 is 10.1 Å². The standard InChI is InChI=1S/C14H14FNO/c1-16-13-11-7-4-8-17-14(11)10-6-3-2-5-9(10)12(13)15/h2-3,5-6,16H,4,7-8H2,1H3. The van der Waals surface area contributed by atoms with Crippen LogP contribution in [0.2, 0.25) is 0 Å². The van der Waals surface area contributed by atoms with Gasteiger partial charge in [0, 0.05) is 23.4 Å². The Hall–Kier alpha value is -1.77. The summed E-state index contributed by atoms with van der Waals surface area (Å²) in [6.45, 7) is 0.714. The van der Waals surface area contributed by atoms with Crippen LogP contribution in [0.5, 0.6) is 5.75 Å². The van der Waals surface area contributed by atoms with Crippen LogP contribution in [-0.2, 0) is 6.42 Å². The minimum atomic E-state index is -0.174. The molecule has 2 aromatic rings. The SMILES string of the molecule is CNc1c2c(c3ccccc3c1F)OCCC2. The van der Waals surface area contributed by atoms with Crippen molar-refractivity contribution in [3.8, 4) is 5.75 Å². The summed E-state index contributed by atoms with van der Waals surface area (Å²) >= 11 is 0. The zero-order valence-electron chi connectivity index (χ0n) is 9.72. The van der Waals surface area contributed by atoms with E-state index >= 15 is 0 Å². The number of anilines is 1. The molecule has 2 nitrogen and oxygen atoms in total. The minimum absolute atomic E-state index is 0.174. The first-order valence-electron chi connectivity index (χ1n) is 5.86. The largest absolute Gasteiger partial charge is 0.493 e. The van der Waals surface area contributed by atoms with E-state index in [0.29, 0.717) is 17.7 Å². The van der Waals surface area contributed by atoms with Gasteiger partial charge in [0.25, 0.3) is 0 Å². The van der Waals surface area contributed by atoms with E-state index in [-0.39, 0.29) is 5.82 Å². The monoisotopic (exact) mass is 231 g/mol. The van der Waals surface area contributed by atoms with Crippen molar-refractivity contribution in [2.24, 2.45) is 0 Å². The average molecular weight is 231 g/mol. The normalized spacial score (nSPS) is 14.2. The fourth-order valence-electron chi connectivity index (χ4n) is 2.50. The maximum Gasteiger partial charge on any atom is 0.154 e. The fraction of sp³-hybridized carbons (Fsp3) is 0.286. The van der Waals surface area contributed by atoms with Crippen molar-refractivity contribution in [1.29, 1.82) is 0 Å². The second kappa shape index (κ2) is 3.91. The van der Waals surface area contributed by atoms with Crippen molar-refractivity contribution in [3.05, 3.63) is 35.6 Å². The topological polar surface area (TPSA) is 21.3 Å². The quantitative estimate of drug-likeness (QED) is 0.812. The molecule has 17 heavy (non-hydrogen) atoms. The molecule has 1 heterocycles. The summed E-state index contributed by atoms with van der Waals surface area (Å²) in [7, 11) is 1.75. The Kier molecular flexibility index (Phi) is 2.39. The zero-order chi connectivity index (χ0) is 11.8. The van der Waals surface area contributed by atoms with Gasteiger partial charge in [0.1, 0.15) is 5.75 Å². The summed E-state index contributed by atoms with van der Waals surface area (Å²) < 4.78 is 20.1. The Morgan fingerprint density at radius 3 is 2.76 bits per heavy atom. The van der Waals surface area contributed by atoms with Crippen LogP contribution in [0.15, 0.2) is 24.3 Å². The number of benzene rings is 2. The number of halogens is 1. The van der Waals surface area contributed by atoms with Crippen LogP contribution in [0.4, 0.5) is 10.1 Å². The lowest BCUT2D eigenvalue weighted by molar-refractivity contribution is 0.292. The van der Waals surface area contributed by atoms with E-state index in [0.717, 1.165) is 29.5 Å². The van der Waals surface area contributed by atoms with Crippen molar-refractivity contribution in [2.45, 2.75) is 12.8 Å². The molecule has 0 aliphatic carbocycles. The van der Waals surface area contributed by atoms with Gasteiger partial charge in [-0.2, -0.15) is 0 Å². The fourth-order valence-corrected chi connectivity index (χ4v) is 2.50. The van der Waals surface area contributed by atoms with Crippen LogP contribution in [-0.4, -0.2) is 13.7 Å². The summed E-state index contributed by atoms with van der Waals surface area (Å²) in [5.74, 6) is 0.671. The molecule has 1 aliphatic rings. The maximum atomic E-state index is 14.3. The summed E-state index contributed by atoms with van der Waals surface area (Å²) in [6.07, 6.45) is 1.81. The van der Waals surface area contributed by atoms with Gasteiger partial charge < -0.3 is 10.1 Å². The third kappa shape index (κ3) is 1.46. The van der Waals surface area contributed by atoms with Gasteiger partial charge in [-0.1, -0.05) is 24.3 Å². The van der Waals surface area contributed by atoms with Crippen LogP contribution in [0.3, 0.4) is 0 Å². The first kappa shape index (κ1) is 10.4. The Morgan fingerprint density at radius 2 is 2.00 bits per heavy atom. The van der Waals surface area contributed by atoms with Gasteiger partial charge in [-0.15, -0.1) is 0 Å². The number of rotatable bonds is 1. The Labute approximate surface area is 99.4 Å². The molecule has 2 aromatic carbocycles. The van der Waals surface area contributed by atoms with E-state index < -0.39 is 0 Å². The highest BCUT2D eigenvalue weighted by atomic mass is 19.1. The Balaban J connectivity index is 2.43. The van der Waals surface area contributed by atoms with Gasteiger partial charge in [0.2, 0.25) is 0 Å². The highest BCUT2D eigenvalue weighted by Crippen LogP contribution is 2.40. The molecule has 1 aliphatic heterocycles. The molecule has 0 amide bonds. The van der Waals surface area contributed by atoms with E-state index in [4.69, 9.17) is 4.74 Å². The van der Waals surface area contributed by atoms with E-state index in [9.17, 15) is 4.39 Å². The smallest absolute Gasteiger partial charge is 0.154 e. The molecule has 0 aromatic heterocycles. The van der Waals surface area contributed by atoms with Gasteiger partial charge in [-0.25, -0.2) is 4.39 Å². The molecule has 3 heteroatoms. The molecule has 0 spiro atoms. The molecule has 0 bridgehead atoms. The van der Waals surface area contributed by atoms with Crippen molar-refractivity contribution >= 4 is 16.5 Å². The zero-order valence-corrected chi connectivity index (χ0v) is 9.72. The maximum absolute atomic E-state index is 14.3. The molecule has 0 fully saturated rings. The van der Waals surface area contributed by atoms with Crippen LogP contribution in [0.1, 0.15) is 12.0 Å². The summed E-state index contributed by atoms with van der Waals surface area (Å²) in [5, 5.41) is 4.46. The molecule has 0 atom stereocenters. The van der Waals surface area contributed by atoms with Crippen LogP contribution in [0, 0.1) is 5.82 Å². The van der Waals surface area contributed by atoms with Crippen LogP contribution >= 0.6 is 0 Å². The lowest BCUT2D eigenvalue weighted by atomic mass is 9.97. The van der Waals surface area contributed by atoms with E-state index in [1.807, 2.05) is 18.2 Å². The van der Waals surface area contributed by atoms with E-state index in [1.165, 1.54) is 0 Å². The highest BCUT2D eigenvalue weighted by Gasteiger charge is 2.21. The van der Waals surface area contributed by atoms with Crippen molar-refractivity contribution in [1.82, 2.24) is 0 Å². The first-order chi connectivity index (χ1) is 8.33. The van der Waals surface area contributed by atoms with Gasteiger partial charge >= 0.3 is 0 Å². The highest BCUT2D eigenvalue weighted by molar-refractivity contribution is 5.94. The molecular weight excluding hydrogens is 217 g/mol. The first-order valence-corrected chi connectivity index (χ1v) is 5.86. The van der Waals surface area contributed by atoms with Crippen molar-refractivity contribution < 1.29 is 9.13 Å². The summed E-state index contributed by atoms with van der Waals surface area (Å²) in [5.41, 5.74) is 1.55. The number of fused-ring (bicyclic) bond motifs is 3. The van der Waals surface area contributed by atoms with Gasteiger partial charge in [-0.05, 0) is 12.8 Å². The number of nitrogens with one attached hydrogen (secondary N) is 1. The predicted molar refractivity (Wildman–Crippen MR) is 67.3 cm³/mol. The van der Waals surface area contributed by atoms with Crippen molar-refractivity contribution in [3.63, 3.8) is 0 Å². The lowest BCUT2D eigenvalue weighted by Crippen LogP contribution is -2.12. The van der Waals surface area contributed by atoms with Crippen molar-refractivity contribution in [2.75, 3.05) is 19.0 Å². The Bertz CT molecular complexity index is 580. The minimum Gasteiger partial charge on any atom is -0.493 e. The van der Waals surface area contributed by atoms with E-state index in [2.05, 4.69) is 5.32 Å². The third-order valence-corrected chi connectivity index (χ3v) is 3.27. The molecule has 0 unspecified atom stereocenters. The number of hydrogen-bond donors (Lipinski definition) is 1. The average Bonchev–Trinajstić information content (AvgIpc) is 2.40. The number of ether oxygens (including phenoxy) is 1. The predicted octanol–water partition coefficient (Wildman–Crippen LogP) is 3.35. The van der Waals surface area contributed by atoms with Gasteiger partial charge in [-0.3, -0.25) is 0 Å². The molecule has 0 saturated carbocycles. The lowest BCUT2D eigenvalue weighted by Gasteiger charge is -2.23. The molecule has 3 rings (SSSR count). The summed E-state index contributed by atoms with van der Waals surface area (Å²) in [6, 6.07) is 7.48.